The van der Waals surface area contributed by atoms with Gasteiger partial charge in [-0.3, -0.25) is 0 Å². The first-order valence-corrected chi connectivity index (χ1v) is 5.80. The summed E-state index contributed by atoms with van der Waals surface area (Å²) < 4.78 is 4.84. The number of methoxy groups -OCH3 is 1. The molecule has 1 atom stereocenters. The summed E-state index contributed by atoms with van der Waals surface area (Å²) in [5, 5.41) is 22.4. The van der Waals surface area contributed by atoms with Crippen LogP contribution in [0.2, 0.25) is 0 Å². The van der Waals surface area contributed by atoms with E-state index in [-0.39, 0.29) is 0 Å². The summed E-state index contributed by atoms with van der Waals surface area (Å²) >= 11 is 0. The van der Waals surface area contributed by atoms with Crippen molar-refractivity contribution in [1.29, 1.82) is 0 Å². The summed E-state index contributed by atoms with van der Waals surface area (Å²) in [6.07, 6.45) is 0.207. The van der Waals surface area contributed by atoms with Gasteiger partial charge in [-0.25, -0.2) is 0 Å². The Labute approximate surface area is 102 Å². The van der Waals surface area contributed by atoms with Crippen LogP contribution in [-0.2, 0) is 11.3 Å². The van der Waals surface area contributed by atoms with Gasteiger partial charge in [-0.1, -0.05) is 18.2 Å². The number of nitrogens with one attached hydrogen (secondary N) is 1. The smallest absolute Gasteiger partial charge is 0.122 e. The highest BCUT2D eigenvalue weighted by Gasteiger charge is 2.05. The van der Waals surface area contributed by atoms with Crippen molar-refractivity contribution in [3.8, 4) is 5.75 Å². The minimum Gasteiger partial charge on any atom is -0.507 e. The van der Waals surface area contributed by atoms with E-state index in [1.165, 1.54) is 0 Å². The zero-order valence-electron chi connectivity index (χ0n) is 10.4. The molecule has 1 aromatic rings. The average Bonchev–Trinajstić information content (AvgIpc) is 2.30. The molecule has 1 aromatic carbocycles. The lowest BCUT2D eigenvalue weighted by Crippen LogP contribution is -2.23. The SMILES string of the molecule is COCC(O)CCNCc1cccc(C)c1O. The van der Waals surface area contributed by atoms with Gasteiger partial charge in [-0.2, -0.15) is 0 Å². The zero-order valence-corrected chi connectivity index (χ0v) is 10.4. The van der Waals surface area contributed by atoms with Gasteiger partial charge in [0.05, 0.1) is 12.7 Å². The van der Waals surface area contributed by atoms with Crippen LogP contribution in [-0.4, -0.2) is 36.6 Å². The van der Waals surface area contributed by atoms with Crippen molar-refractivity contribution in [2.24, 2.45) is 0 Å². The van der Waals surface area contributed by atoms with Crippen LogP contribution in [0.5, 0.6) is 5.75 Å². The van der Waals surface area contributed by atoms with Crippen LogP contribution in [0.1, 0.15) is 17.5 Å². The van der Waals surface area contributed by atoms with Gasteiger partial charge in [0.25, 0.3) is 0 Å². The Bertz CT molecular complexity index is 341. The van der Waals surface area contributed by atoms with E-state index in [0.29, 0.717) is 31.9 Å². The van der Waals surface area contributed by atoms with E-state index in [1.807, 2.05) is 25.1 Å². The molecule has 0 aromatic heterocycles. The molecule has 4 heteroatoms. The Balaban J connectivity index is 2.29. The second-order valence-corrected chi connectivity index (χ2v) is 4.16. The molecular formula is C13H21NO3. The second-order valence-electron chi connectivity index (χ2n) is 4.16. The molecule has 17 heavy (non-hydrogen) atoms. The maximum absolute atomic E-state index is 9.78. The van der Waals surface area contributed by atoms with Crippen LogP contribution in [0.15, 0.2) is 18.2 Å². The summed E-state index contributed by atoms with van der Waals surface area (Å²) in [4.78, 5) is 0. The Hall–Kier alpha value is -1.10. The highest BCUT2D eigenvalue weighted by molar-refractivity contribution is 5.39. The maximum atomic E-state index is 9.78. The van der Waals surface area contributed by atoms with Crippen molar-refractivity contribution >= 4 is 0 Å². The summed E-state index contributed by atoms with van der Waals surface area (Å²) in [7, 11) is 1.57. The molecule has 0 bridgehead atoms. The van der Waals surface area contributed by atoms with Crippen LogP contribution >= 0.6 is 0 Å². The van der Waals surface area contributed by atoms with Gasteiger partial charge in [-0.05, 0) is 25.5 Å². The second kappa shape index (κ2) is 7.27. The van der Waals surface area contributed by atoms with Crippen molar-refractivity contribution in [2.75, 3.05) is 20.3 Å². The third-order valence-electron chi connectivity index (χ3n) is 2.65. The summed E-state index contributed by atoms with van der Waals surface area (Å²) in [6.45, 7) is 3.53. The first-order valence-electron chi connectivity index (χ1n) is 5.80. The Morgan fingerprint density at radius 1 is 1.41 bits per heavy atom. The Morgan fingerprint density at radius 2 is 2.18 bits per heavy atom. The fourth-order valence-corrected chi connectivity index (χ4v) is 1.63. The predicted octanol–water partition coefficient (Wildman–Crippen LogP) is 1.19. The van der Waals surface area contributed by atoms with Crippen LogP contribution in [0.25, 0.3) is 0 Å². The van der Waals surface area contributed by atoms with Crippen LogP contribution in [0.4, 0.5) is 0 Å². The average molecular weight is 239 g/mol. The van der Waals surface area contributed by atoms with E-state index in [1.54, 1.807) is 7.11 Å². The largest absolute Gasteiger partial charge is 0.507 e. The highest BCUT2D eigenvalue weighted by atomic mass is 16.5. The number of aromatic hydroxyl groups is 1. The van der Waals surface area contributed by atoms with Crippen LogP contribution in [0.3, 0.4) is 0 Å². The molecule has 0 aliphatic rings. The molecule has 0 amide bonds. The molecule has 0 radical (unpaired) electrons. The van der Waals surface area contributed by atoms with Crippen LogP contribution < -0.4 is 5.32 Å². The third-order valence-corrected chi connectivity index (χ3v) is 2.65. The van der Waals surface area contributed by atoms with Gasteiger partial charge in [-0.15, -0.1) is 0 Å². The lowest BCUT2D eigenvalue weighted by atomic mass is 10.1. The van der Waals surface area contributed by atoms with E-state index >= 15 is 0 Å². The lowest BCUT2D eigenvalue weighted by Gasteiger charge is -2.11. The molecule has 96 valence electrons. The minimum absolute atomic E-state index is 0.345. The Morgan fingerprint density at radius 3 is 2.88 bits per heavy atom. The molecule has 0 saturated carbocycles. The van der Waals surface area contributed by atoms with Gasteiger partial charge in [0.2, 0.25) is 0 Å². The zero-order chi connectivity index (χ0) is 12.7. The fraction of sp³-hybridized carbons (Fsp3) is 0.538. The third kappa shape index (κ3) is 4.73. The number of phenolic OH excluding ortho intramolecular Hbond substituents is 1. The quantitative estimate of drug-likeness (QED) is 0.625. The topological polar surface area (TPSA) is 61.7 Å². The van der Waals surface area contributed by atoms with Crippen molar-refractivity contribution < 1.29 is 14.9 Å². The van der Waals surface area contributed by atoms with Gasteiger partial charge in [0.15, 0.2) is 0 Å². The summed E-state index contributed by atoms with van der Waals surface area (Å²) in [6, 6.07) is 5.69. The van der Waals surface area contributed by atoms with Crippen LogP contribution in [0, 0.1) is 6.92 Å². The Kier molecular flexibility index (Phi) is 5.97. The highest BCUT2D eigenvalue weighted by Crippen LogP contribution is 2.20. The van der Waals surface area contributed by atoms with E-state index in [9.17, 15) is 10.2 Å². The van der Waals surface area contributed by atoms with Crippen molar-refractivity contribution in [1.82, 2.24) is 5.32 Å². The molecule has 0 aliphatic carbocycles. The molecule has 3 N–H and O–H groups in total. The van der Waals surface area contributed by atoms with Crippen molar-refractivity contribution in [3.63, 3.8) is 0 Å². The van der Waals surface area contributed by atoms with E-state index < -0.39 is 6.10 Å². The van der Waals surface area contributed by atoms with Gasteiger partial charge >= 0.3 is 0 Å². The molecular weight excluding hydrogens is 218 g/mol. The molecule has 0 spiro atoms. The molecule has 1 rings (SSSR count). The predicted molar refractivity (Wildman–Crippen MR) is 67.1 cm³/mol. The number of ether oxygens (including phenoxy) is 1. The van der Waals surface area contributed by atoms with Crippen molar-refractivity contribution in [3.05, 3.63) is 29.3 Å². The molecule has 0 heterocycles. The lowest BCUT2D eigenvalue weighted by molar-refractivity contribution is 0.0594. The molecule has 0 fully saturated rings. The number of aryl methyl sites for hydroxylation is 1. The number of phenols is 1. The number of hydrogen-bond acceptors (Lipinski definition) is 4. The van der Waals surface area contributed by atoms with E-state index in [2.05, 4.69) is 5.32 Å². The summed E-state index contributed by atoms with van der Waals surface area (Å²) in [5.74, 6) is 0.345. The number of aliphatic hydroxyl groups is 1. The van der Waals surface area contributed by atoms with Crippen molar-refractivity contribution in [2.45, 2.75) is 26.0 Å². The molecule has 0 saturated heterocycles. The number of hydrogen-bond donors (Lipinski definition) is 3. The van der Waals surface area contributed by atoms with Gasteiger partial charge in [0, 0.05) is 19.2 Å². The first-order chi connectivity index (χ1) is 8.15. The number of rotatable bonds is 7. The maximum Gasteiger partial charge on any atom is 0.122 e. The minimum atomic E-state index is -0.432. The van der Waals surface area contributed by atoms with E-state index in [0.717, 1.165) is 11.1 Å². The van der Waals surface area contributed by atoms with E-state index in [4.69, 9.17) is 4.74 Å². The monoisotopic (exact) mass is 239 g/mol. The normalized spacial score (nSPS) is 12.6. The number of aliphatic hydroxyl groups excluding tert-OH is 1. The fourth-order valence-electron chi connectivity index (χ4n) is 1.63. The molecule has 4 nitrogen and oxygen atoms in total. The molecule has 1 unspecified atom stereocenters. The van der Waals surface area contributed by atoms with Gasteiger partial charge < -0.3 is 20.3 Å². The number of benzene rings is 1. The van der Waals surface area contributed by atoms with Gasteiger partial charge in [0.1, 0.15) is 5.75 Å². The summed E-state index contributed by atoms with van der Waals surface area (Å²) in [5.41, 5.74) is 1.76. The first kappa shape index (κ1) is 14.0. The molecule has 0 aliphatic heterocycles. The standard InChI is InChI=1S/C13H21NO3/c1-10-4-3-5-11(13(10)16)8-14-7-6-12(15)9-17-2/h3-5,12,14-16H,6-9H2,1-2H3. The number of para-hydroxylation sites is 1.